The molecule has 0 aliphatic carbocycles. The van der Waals surface area contributed by atoms with Crippen molar-refractivity contribution < 1.29 is 12.6 Å². The van der Waals surface area contributed by atoms with Gasteiger partial charge in [0, 0.05) is 0 Å². The Morgan fingerprint density at radius 3 is 2.32 bits per heavy atom. The molecule has 0 N–H and O–H groups in total. The summed E-state index contributed by atoms with van der Waals surface area (Å²) in [4.78, 5) is 0.179. The van der Waals surface area contributed by atoms with Gasteiger partial charge >= 0.3 is 0 Å². The topological polar surface area (TPSA) is 43.4 Å². The molecule has 0 saturated carbocycles. The first-order valence-electron chi connectivity index (χ1n) is 5.84. The van der Waals surface area contributed by atoms with E-state index in [-0.39, 0.29) is 4.90 Å². The lowest BCUT2D eigenvalue weighted by Crippen LogP contribution is -2.02. The van der Waals surface area contributed by atoms with E-state index in [9.17, 15) is 8.42 Å². The molecule has 0 unspecified atom stereocenters. The van der Waals surface area contributed by atoms with Crippen molar-refractivity contribution in [1.82, 2.24) is 0 Å². The average Bonchev–Trinajstić information content (AvgIpc) is 2.46. The Morgan fingerprint density at radius 2 is 1.53 bits per heavy atom. The molecule has 3 aromatic rings. The Balaban J connectivity index is 2.35. The van der Waals surface area contributed by atoms with E-state index in [1.54, 1.807) is 12.1 Å². The van der Waals surface area contributed by atoms with Gasteiger partial charge in [-0.3, -0.25) is 4.18 Å². The normalized spacial score (nSPS) is 12.1. The van der Waals surface area contributed by atoms with E-state index < -0.39 is 10.1 Å². The molecule has 4 heteroatoms. The van der Waals surface area contributed by atoms with Gasteiger partial charge in [-0.1, -0.05) is 42.5 Å². The summed E-state index contributed by atoms with van der Waals surface area (Å²) in [5.41, 5.74) is 0. The molecular formula is C15H12O3S. The van der Waals surface area contributed by atoms with Gasteiger partial charge in [-0.25, -0.2) is 0 Å². The molecule has 19 heavy (non-hydrogen) atoms. The fourth-order valence-electron chi connectivity index (χ4n) is 2.24. The van der Waals surface area contributed by atoms with Gasteiger partial charge in [-0.05, 0) is 33.7 Å². The minimum atomic E-state index is -3.64. The van der Waals surface area contributed by atoms with Gasteiger partial charge < -0.3 is 0 Å². The van der Waals surface area contributed by atoms with E-state index in [4.69, 9.17) is 0 Å². The van der Waals surface area contributed by atoms with E-state index in [0.29, 0.717) is 0 Å². The van der Waals surface area contributed by atoms with Crippen molar-refractivity contribution >= 4 is 31.7 Å². The molecule has 0 fully saturated rings. The van der Waals surface area contributed by atoms with Crippen molar-refractivity contribution in [2.45, 2.75) is 4.90 Å². The van der Waals surface area contributed by atoms with Gasteiger partial charge in [0.25, 0.3) is 10.1 Å². The molecule has 0 heterocycles. The Hall–Kier alpha value is -1.91. The van der Waals surface area contributed by atoms with Crippen LogP contribution in [0.25, 0.3) is 21.5 Å². The molecule has 0 aliphatic rings. The molecule has 0 atom stereocenters. The van der Waals surface area contributed by atoms with Crippen LogP contribution < -0.4 is 0 Å². The average molecular weight is 272 g/mol. The lowest BCUT2D eigenvalue weighted by molar-refractivity contribution is 0.398. The summed E-state index contributed by atoms with van der Waals surface area (Å²) in [7, 11) is -2.48. The largest absolute Gasteiger partial charge is 0.296 e. The highest BCUT2D eigenvalue weighted by Gasteiger charge is 2.13. The molecular weight excluding hydrogens is 260 g/mol. The number of rotatable bonds is 2. The van der Waals surface area contributed by atoms with Crippen molar-refractivity contribution in [3.63, 3.8) is 0 Å². The highest BCUT2D eigenvalue weighted by molar-refractivity contribution is 7.86. The van der Waals surface area contributed by atoms with Gasteiger partial charge in [-0.2, -0.15) is 8.42 Å². The third-order valence-corrected chi connectivity index (χ3v) is 4.49. The standard InChI is InChI=1S/C15H12O3S/c1-18-19(16,17)13-8-9-15-12(10-13)7-6-11-4-2-3-5-14(11)15/h2-10H,1H3. The number of fused-ring (bicyclic) bond motifs is 3. The van der Waals surface area contributed by atoms with Crippen molar-refractivity contribution in [2.24, 2.45) is 0 Å². The van der Waals surface area contributed by atoms with E-state index in [1.165, 1.54) is 7.11 Å². The van der Waals surface area contributed by atoms with E-state index in [2.05, 4.69) is 4.18 Å². The fourth-order valence-corrected chi connectivity index (χ4v) is 2.94. The lowest BCUT2D eigenvalue weighted by Gasteiger charge is -2.06. The van der Waals surface area contributed by atoms with E-state index in [0.717, 1.165) is 21.5 Å². The minimum absolute atomic E-state index is 0.179. The summed E-state index contributed by atoms with van der Waals surface area (Å²) in [6.45, 7) is 0. The molecule has 3 aromatic carbocycles. The molecule has 0 bridgehead atoms. The smallest absolute Gasteiger partial charge is 0.270 e. The van der Waals surface area contributed by atoms with Crippen LogP contribution in [0.3, 0.4) is 0 Å². The lowest BCUT2D eigenvalue weighted by atomic mass is 10.0. The zero-order valence-electron chi connectivity index (χ0n) is 10.3. The Kier molecular flexibility index (Phi) is 2.77. The maximum atomic E-state index is 11.7. The van der Waals surface area contributed by atoms with Gasteiger partial charge in [0.1, 0.15) is 0 Å². The van der Waals surface area contributed by atoms with Crippen LogP contribution in [0.4, 0.5) is 0 Å². The molecule has 0 spiro atoms. The van der Waals surface area contributed by atoms with Crippen LogP contribution in [-0.4, -0.2) is 15.5 Å². The van der Waals surface area contributed by atoms with E-state index >= 15 is 0 Å². The quantitative estimate of drug-likeness (QED) is 0.531. The molecule has 0 saturated heterocycles. The van der Waals surface area contributed by atoms with Crippen LogP contribution in [0.1, 0.15) is 0 Å². The monoisotopic (exact) mass is 272 g/mol. The molecule has 0 radical (unpaired) electrons. The zero-order chi connectivity index (χ0) is 13.5. The van der Waals surface area contributed by atoms with Crippen LogP contribution in [0.2, 0.25) is 0 Å². The van der Waals surface area contributed by atoms with Crippen LogP contribution >= 0.6 is 0 Å². The predicted molar refractivity (Wildman–Crippen MR) is 75.6 cm³/mol. The number of hydrogen-bond donors (Lipinski definition) is 0. The third kappa shape index (κ3) is 1.99. The van der Waals surface area contributed by atoms with Gasteiger partial charge in [-0.15, -0.1) is 0 Å². The Morgan fingerprint density at radius 1 is 0.842 bits per heavy atom. The van der Waals surface area contributed by atoms with Crippen molar-refractivity contribution in [3.8, 4) is 0 Å². The summed E-state index contributed by atoms with van der Waals surface area (Å²) >= 11 is 0. The Bertz CT molecular complexity index is 867. The zero-order valence-corrected chi connectivity index (χ0v) is 11.1. The molecule has 0 aromatic heterocycles. The Labute approximate surface area is 111 Å². The van der Waals surface area contributed by atoms with Crippen LogP contribution in [0, 0.1) is 0 Å². The highest BCUT2D eigenvalue weighted by atomic mass is 32.2. The fraction of sp³-hybridized carbons (Fsp3) is 0.0667. The molecule has 0 aliphatic heterocycles. The first kappa shape index (κ1) is 12.1. The van der Waals surface area contributed by atoms with Crippen LogP contribution in [0.15, 0.2) is 59.5 Å². The van der Waals surface area contributed by atoms with Crippen molar-refractivity contribution in [1.29, 1.82) is 0 Å². The van der Waals surface area contributed by atoms with Gasteiger partial charge in [0.05, 0.1) is 12.0 Å². The van der Waals surface area contributed by atoms with Crippen LogP contribution in [0.5, 0.6) is 0 Å². The summed E-state index contributed by atoms with van der Waals surface area (Å²) in [6.07, 6.45) is 0. The minimum Gasteiger partial charge on any atom is -0.270 e. The summed E-state index contributed by atoms with van der Waals surface area (Å²) in [5.74, 6) is 0. The summed E-state index contributed by atoms with van der Waals surface area (Å²) in [6, 6.07) is 17.0. The first-order valence-corrected chi connectivity index (χ1v) is 7.25. The van der Waals surface area contributed by atoms with Crippen molar-refractivity contribution in [3.05, 3.63) is 54.6 Å². The summed E-state index contributed by atoms with van der Waals surface area (Å²) in [5, 5.41) is 4.17. The second-order valence-electron chi connectivity index (χ2n) is 4.29. The SMILES string of the molecule is COS(=O)(=O)c1ccc2c(ccc3ccccc32)c1. The van der Waals surface area contributed by atoms with Crippen molar-refractivity contribution in [2.75, 3.05) is 7.11 Å². The first-order chi connectivity index (χ1) is 9.12. The van der Waals surface area contributed by atoms with Crippen LogP contribution in [-0.2, 0) is 14.3 Å². The second-order valence-corrected chi connectivity index (χ2v) is 6.00. The van der Waals surface area contributed by atoms with E-state index in [1.807, 2.05) is 42.5 Å². The molecule has 0 amide bonds. The molecule has 3 rings (SSSR count). The number of hydrogen-bond acceptors (Lipinski definition) is 3. The maximum Gasteiger partial charge on any atom is 0.296 e. The van der Waals surface area contributed by atoms with Gasteiger partial charge in [0.15, 0.2) is 0 Å². The third-order valence-electron chi connectivity index (χ3n) is 3.22. The molecule has 3 nitrogen and oxygen atoms in total. The summed E-state index contributed by atoms with van der Waals surface area (Å²) < 4.78 is 27.9. The highest BCUT2D eigenvalue weighted by Crippen LogP contribution is 2.27. The second kappa shape index (κ2) is 4.33. The number of benzene rings is 3. The molecule has 96 valence electrons. The van der Waals surface area contributed by atoms with Gasteiger partial charge in [0.2, 0.25) is 0 Å². The maximum absolute atomic E-state index is 11.7. The predicted octanol–water partition coefficient (Wildman–Crippen LogP) is 3.33.